The first kappa shape index (κ1) is 31.2. The lowest BCUT2D eigenvalue weighted by Crippen LogP contribution is -2.61. The van der Waals surface area contributed by atoms with E-state index in [1.807, 2.05) is 91.0 Å². The molecule has 1 N–H and O–H groups in total. The number of aliphatic hydroxyl groups excluding tert-OH is 1. The van der Waals surface area contributed by atoms with Gasteiger partial charge < -0.3 is 28.8 Å². The molecule has 2 aliphatic carbocycles. The average molecular weight is 599 g/mol. The summed E-state index contributed by atoms with van der Waals surface area (Å²) in [7, 11) is 0. The minimum Gasteiger partial charge on any atom is -0.385 e. The number of ether oxygens (including phenoxy) is 5. The van der Waals surface area contributed by atoms with Crippen LogP contribution in [-0.4, -0.2) is 49.0 Å². The molecule has 234 valence electrons. The number of allylic oxidation sites excluding steroid dienone is 1. The zero-order valence-electron chi connectivity index (χ0n) is 25.8. The van der Waals surface area contributed by atoms with Crippen molar-refractivity contribution in [2.75, 3.05) is 13.2 Å². The number of fused-ring (bicyclic) bond motifs is 1. The quantitative estimate of drug-likeness (QED) is 0.205. The highest BCUT2D eigenvalue weighted by molar-refractivity contribution is 5.16. The average Bonchev–Trinajstić information content (AvgIpc) is 3.79. The minimum atomic E-state index is -1.02. The van der Waals surface area contributed by atoms with Gasteiger partial charge in [0.1, 0.15) is 24.4 Å². The molecule has 1 heterocycles. The van der Waals surface area contributed by atoms with Gasteiger partial charge in [-0.05, 0) is 66.5 Å². The Kier molecular flexibility index (Phi) is 10.3. The van der Waals surface area contributed by atoms with E-state index in [-0.39, 0.29) is 12.0 Å². The summed E-state index contributed by atoms with van der Waals surface area (Å²) in [6.45, 7) is 8.35. The van der Waals surface area contributed by atoms with Gasteiger partial charge in [-0.1, -0.05) is 103 Å². The first-order valence-corrected chi connectivity index (χ1v) is 16.0. The predicted molar refractivity (Wildman–Crippen MR) is 169 cm³/mol. The summed E-state index contributed by atoms with van der Waals surface area (Å²) in [6.07, 6.45) is 1.02. The molecule has 3 aliphatic rings. The SMILES string of the molecule is C=C(C)[C@@H]1CC[C@]2(CO[C@@H]3O[C@H](COCc4ccccc4)[C@@H](OCc4ccccc4)[C@H](OCc4ccccc4)[C@H]3O)C[C@@H]2C1. The second-order valence-corrected chi connectivity index (χ2v) is 12.9. The molecule has 0 radical (unpaired) electrons. The van der Waals surface area contributed by atoms with E-state index in [1.165, 1.54) is 18.4 Å². The molecular formula is C38H46O6. The smallest absolute Gasteiger partial charge is 0.186 e. The Hall–Kier alpha value is -2.84. The normalized spacial score (nSPS) is 31.3. The van der Waals surface area contributed by atoms with E-state index in [0.29, 0.717) is 38.3 Å². The van der Waals surface area contributed by atoms with Crippen LogP contribution in [0.1, 0.15) is 49.3 Å². The highest BCUT2D eigenvalue weighted by atomic mass is 16.7. The van der Waals surface area contributed by atoms with Crippen LogP contribution in [0.5, 0.6) is 0 Å². The zero-order chi connectivity index (χ0) is 30.4. The highest BCUT2D eigenvalue weighted by Gasteiger charge is 2.57. The van der Waals surface area contributed by atoms with Gasteiger partial charge in [0.15, 0.2) is 6.29 Å². The number of benzene rings is 3. The first-order valence-electron chi connectivity index (χ1n) is 16.0. The van der Waals surface area contributed by atoms with Crippen LogP contribution in [-0.2, 0) is 43.5 Å². The lowest BCUT2D eigenvalue weighted by Gasteiger charge is -2.44. The van der Waals surface area contributed by atoms with E-state index in [0.717, 1.165) is 29.5 Å². The van der Waals surface area contributed by atoms with Crippen LogP contribution in [0, 0.1) is 17.3 Å². The Morgan fingerprint density at radius 2 is 1.39 bits per heavy atom. The van der Waals surface area contributed by atoms with Crippen molar-refractivity contribution in [3.8, 4) is 0 Å². The Morgan fingerprint density at radius 1 is 0.818 bits per heavy atom. The van der Waals surface area contributed by atoms with Gasteiger partial charge >= 0.3 is 0 Å². The number of rotatable bonds is 14. The van der Waals surface area contributed by atoms with Gasteiger partial charge in [-0.3, -0.25) is 0 Å². The molecule has 3 aromatic carbocycles. The van der Waals surface area contributed by atoms with E-state index < -0.39 is 30.7 Å². The standard InChI is InChI=1S/C38H46O6/c1-27(2)31-18-19-38(21-32(38)20-31)26-43-37-34(39)36(42-24-30-16-10-5-11-17-30)35(41-23-29-14-8-4-9-15-29)33(44-37)25-40-22-28-12-6-3-7-13-28/h3-17,31-37,39H,1,18-26H2,2H3/t31-,32+,33-,34-,35-,36-,37-,38-/m1/s1. The molecule has 6 rings (SSSR count). The summed E-state index contributed by atoms with van der Waals surface area (Å²) in [6, 6.07) is 30.1. The molecule has 8 atom stereocenters. The van der Waals surface area contributed by atoms with Gasteiger partial charge in [0.2, 0.25) is 0 Å². The van der Waals surface area contributed by atoms with Crippen molar-refractivity contribution in [1.82, 2.24) is 0 Å². The number of aliphatic hydroxyl groups is 1. The lowest BCUT2D eigenvalue weighted by atomic mass is 9.79. The summed E-state index contributed by atoms with van der Waals surface area (Å²) >= 11 is 0. The fourth-order valence-electron chi connectivity index (χ4n) is 6.90. The molecule has 1 aliphatic heterocycles. The Bertz CT molecular complexity index is 1320. The molecule has 1 saturated heterocycles. The molecule has 0 amide bonds. The molecule has 0 bridgehead atoms. The van der Waals surface area contributed by atoms with Crippen molar-refractivity contribution < 1.29 is 28.8 Å². The third kappa shape index (κ3) is 7.68. The Morgan fingerprint density at radius 3 is 1.95 bits per heavy atom. The minimum absolute atomic E-state index is 0.176. The van der Waals surface area contributed by atoms with Gasteiger partial charge in [-0.25, -0.2) is 0 Å². The molecule has 2 saturated carbocycles. The van der Waals surface area contributed by atoms with Crippen LogP contribution in [0.25, 0.3) is 0 Å². The largest absolute Gasteiger partial charge is 0.385 e. The molecule has 6 nitrogen and oxygen atoms in total. The molecule has 3 aromatic rings. The van der Waals surface area contributed by atoms with E-state index in [2.05, 4.69) is 13.5 Å². The second-order valence-electron chi connectivity index (χ2n) is 12.9. The van der Waals surface area contributed by atoms with Crippen molar-refractivity contribution in [2.45, 2.75) is 83.1 Å². The molecule has 0 spiro atoms. The van der Waals surface area contributed by atoms with Crippen LogP contribution in [0.4, 0.5) is 0 Å². The summed E-state index contributed by atoms with van der Waals surface area (Å²) in [5, 5.41) is 11.7. The third-order valence-corrected chi connectivity index (χ3v) is 9.73. The van der Waals surface area contributed by atoms with Crippen LogP contribution in [0.2, 0.25) is 0 Å². The number of hydrogen-bond donors (Lipinski definition) is 1. The van der Waals surface area contributed by atoms with Crippen molar-refractivity contribution >= 4 is 0 Å². The summed E-state index contributed by atoms with van der Waals surface area (Å²) < 4.78 is 32.2. The van der Waals surface area contributed by atoms with E-state index >= 15 is 0 Å². The van der Waals surface area contributed by atoms with Crippen LogP contribution in [0.15, 0.2) is 103 Å². The van der Waals surface area contributed by atoms with Gasteiger partial charge in [0.05, 0.1) is 33.0 Å². The molecular weight excluding hydrogens is 552 g/mol. The first-order chi connectivity index (χ1) is 21.5. The zero-order valence-corrected chi connectivity index (χ0v) is 25.8. The highest BCUT2D eigenvalue weighted by Crippen LogP contribution is 2.63. The van der Waals surface area contributed by atoms with E-state index in [9.17, 15) is 5.11 Å². The molecule has 6 heteroatoms. The molecule has 0 aromatic heterocycles. The summed E-state index contributed by atoms with van der Waals surface area (Å²) in [5.41, 5.74) is 4.61. The molecule has 3 fully saturated rings. The summed E-state index contributed by atoms with van der Waals surface area (Å²) in [5.74, 6) is 1.26. The number of hydrogen-bond acceptors (Lipinski definition) is 6. The van der Waals surface area contributed by atoms with E-state index in [4.69, 9.17) is 23.7 Å². The Balaban J connectivity index is 1.18. The fraction of sp³-hybridized carbons (Fsp3) is 0.474. The maximum absolute atomic E-state index is 11.7. The lowest BCUT2D eigenvalue weighted by molar-refractivity contribution is -0.321. The maximum Gasteiger partial charge on any atom is 0.186 e. The predicted octanol–water partition coefficient (Wildman–Crippen LogP) is 6.86. The van der Waals surface area contributed by atoms with Gasteiger partial charge in [-0.2, -0.15) is 0 Å². The third-order valence-electron chi connectivity index (χ3n) is 9.73. The Labute approximate surface area is 261 Å². The van der Waals surface area contributed by atoms with Crippen molar-refractivity contribution in [3.05, 3.63) is 120 Å². The van der Waals surface area contributed by atoms with Crippen LogP contribution in [0.3, 0.4) is 0 Å². The fourth-order valence-corrected chi connectivity index (χ4v) is 6.90. The monoisotopic (exact) mass is 598 g/mol. The van der Waals surface area contributed by atoms with E-state index in [1.54, 1.807) is 0 Å². The van der Waals surface area contributed by atoms with Crippen LogP contribution < -0.4 is 0 Å². The van der Waals surface area contributed by atoms with Crippen LogP contribution >= 0.6 is 0 Å². The van der Waals surface area contributed by atoms with Crippen molar-refractivity contribution in [3.63, 3.8) is 0 Å². The summed E-state index contributed by atoms with van der Waals surface area (Å²) in [4.78, 5) is 0. The van der Waals surface area contributed by atoms with Crippen molar-refractivity contribution in [1.29, 1.82) is 0 Å². The van der Waals surface area contributed by atoms with Gasteiger partial charge in [0, 0.05) is 0 Å². The van der Waals surface area contributed by atoms with Crippen molar-refractivity contribution in [2.24, 2.45) is 17.3 Å². The maximum atomic E-state index is 11.7. The van der Waals surface area contributed by atoms with Gasteiger partial charge in [0.25, 0.3) is 0 Å². The molecule has 44 heavy (non-hydrogen) atoms. The topological polar surface area (TPSA) is 66.4 Å². The molecule has 0 unspecified atom stereocenters. The van der Waals surface area contributed by atoms with Gasteiger partial charge in [-0.15, -0.1) is 0 Å². The second kappa shape index (κ2) is 14.5.